The second-order valence-electron chi connectivity index (χ2n) is 7.40. The molecule has 4 nitrogen and oxygen atoms in total. The molecule has 0 bridgehead atoms. The maximum atomic E-state index is 12.3. The second kappa shape index (κ2) is 6.33. The Labute approximate surface area is 123 Å². The van der Waals surface area contributed by atoms with E-state index in [-0.39, 0.29) is 6.09 Å². The molecule has 0 spiro atoms. The quantitative estimate of drug-likeness (QED) is 0.860. The first-order chi connectivity index (χ1) is 9.35. The van der Waals surface area contributed by atoms with Gasteiger partial charge in [0.1, 0.15) is 5.60 Å². The Morgan fingerprint density at radius 1 is 1.30 bits per heavy atom. The maximum absolute atomic E-state index is 12.3. The normalized spacial score (nSPS) is 25.4. The van der Waals surface area contributed by atoms with E-state index in [9.17, 15) is 4.79 Å². The van der Waals surface area contributed by atoms with Gasteiger partial charge in [0, 0.05) is 24.7 Å². The monoisotopic (exact) mass is 282 g/mol. The summed E-state index contributed by atoms with van der Waals surface area (Å²) in [6.07, 6.45) is 6.95. The fraction of sp³-hybridized carbons (Fsp3) is 0.938. The maximum Gasteiger partial charge on any atom is 0.410 e. The highest BCUT2D eigenvalue weighted by atomic mass is 16.6. The van der Waals surface area contributed by atoms with Crippen LogP contribution >= 0.6 is 0 Å². The number of hydrogen-bond acceptors (Lipinski definition) is 3. The number of ether oxygens (including phenoxy) is 1. The number of carbonyl (C=O) groups is 1. The molecule has 0 aromatic rings. The Hall–Kier alpha value is -0.770. The Morgan fingerprint density at radius 2 is 2.00 bits per heavy atom. The van der Waals surface area contributed by atoms with Crippen molar-refractivity contribution >= 4 is 6.09 Å². The van der Waals surface area contributed by atoms with Crippen LogP contribution in [0.5, 0.6) is 0 Å². The fourth-order valence-corrected chi connectivity index (χ4v) is 2.94. The molecule has 0 aromatic heterocycles. The summed E-state index contributed by atoms with van der Waals surface area (Å²) in [5.74, 6) is 0. The Balaban J connectivity index is 1.88. The molecule has 0 radical (unpaired) electrons. The first-order valence-electron chi connectivity index (χ1n) is 8.11. The van der Waals surface area contributed by atoms with E-state index in [1.165, 1.54) is 19.3 Å². The molecule has 1 saturated carbocycles. The minimum absolute atomic E-state index is 0.138. The topological polar surface area (TPSA) is 41.6 Å². The van der Waals surface area contributed by atoms with Crippen molar-refractivity contribution in [3.63, 3.8) is 0 Å². The van der Waals surface area contributed by atoms with Crippen LogP contribution in [0.15, 0.2) is 0 Å². The van der Waals surface area contributed by atoms with Crippen LogP contribution in [0.3, 0.4) is 0 Å². The predicted molar refractivity (Wildman–Crippen MR) is 80.8 cm³/mol. The summed E-state index contributed by atoms with van der Waals surface area (Å²) in [6, 6.07) is 1.54. The largest absolute Gasteiger partial charge is 0.444 e. The van der Waals surface area contributed by atoms with Gasteiger partial charge in [0.15, 0.2) is 0 Å². The van der Waals surface area contributed by atoms with E-state index in [4.69, 9.17) is 4.74 Å². The van der Waals surface area contributed by atoms with Crippen LogP contribution in [0.1, 0.15) is 66.2 Å². The van der Waals surface area contributed by atoms with Gasteiger partial charge in [-0.1, -0.05) is 0 Å². The van der Waals surface area contributed by atoms with Crippen molar-refractivity contribution in [2.45, 2.75) is 89.9 Å². The average molecular weight is 282 g/mol. The van der Waals surface area contributed by atoms with Gasteiger partial charge in [-0.3, -0.25) is 0 Å². The molecular formula is C16H30N2O2. The van der Waals surface area contributed by atoms with Crippen LogP contribution in [-0.4, -0.2) is 41.3 Å². The van der Waals surface area contributed by atoms with Gasteiger partial charge in [-0.2, -0.15) is 0 Å². The van der Waals surface area contributed by atoms with Crippen molar-refractivity contribution in [3.8, 4) is 0 Å². The summed E-state index contributed by atoms with van der Waals surface area (Å²) in [7, 11) is 0. The van der Waals surface area contributed by atoms with E-state index in [2.05, 4.69) is 12.2 Å². The molecule has 2 unspecified atom stereocenters. The zero-order chi connectivity index (χ0) is 14.8. The number of likely N-dealkylation sites (tertiary alicyclic amines) is 1. The van der Waals surface area contributed by atoms with Crippen molar-refractivity contribution in [3.05, 3.63) is 0 Å². The summed E-state index contributed by atoms with van der Waals surface area (Å²) >= 11 is 0. The number of nitrogens with zero attached hydrogens (tertiary/aromatic N) is 1. The minimum atomic E-state index is -0.406. The molecule has 1 N–H and O–H groups in total. The summed E-state index contributed by atoms with van der Waals surface area (Å²) in [5, 5.41) is 3.63. The number of nitrogens with one attached hydrogen (secondary N) is 1. The van der Waals surface area contributed by atoms with Gasteiger partial charge in [-0.25, -0.2) is 4.79 Å². The molecule has 2 aliphatic rings. The van der Waals surface area contributed by atoms with Gasteiger partial charge in [-0.05, 0) is 66.2 Å². The Kier molecular flexibility index (Phi) is 4.95. The number of hydrogen-bond donors (Lipinski definition) is 1. The number of piperidine rings is 1. The average Bonchev–Trinajstić information content (AvgIpc) is 3.11. The first-order valence-corrected chi connectivity index (χ1v) is 8.11. The van der Waals surface area contributed by atoms with E-state index in [1.807, 2.05) is 25.7 Å². The summed E-state index contributed by atoms with van der Waals surface area (Å²) in [4.78, 5) is 14.3. The number of amides is 1. The summed E-state index contributed by atoms with van der Waals surface area (Å²) in [5.41, 5.74) is -0.406. The van der Waals surface area contributed by atoms with Crippen molar-refractivity contribution in [1.82, 2.24) is 10.2 Å². The molecular weight excluding hydrogens is 252 g/mol. The standard InChI is InChI=1S/C16H30N2O2/c1-12(17-13-8-9-13)11-14-7-5-6-10-18(14)15(19)20-16(2,3)4/h12-14,17H,5-11H2,1-4H3. The third-order valence-electron chi connectivity index (χ3n) is 3.98. The van der Waals surface area contributed by atoms with Crippen LogP contribution in [0.25, 0.3) is 0 Å². The molecule has 4 heteroatoms. The molecule has 0 aromatic carbocycles. The van der Waals surface area contributed by atoms with Gasteiger partial charge in [0.05, 0.1) is 0 Å². The number of rotatable bonds is 4. The molecule has 2 fully saturated rings. The lowest BCUT2D eigenvalue weighted by Gasteiger charge is -2.38. The highest BCUT2D eigenvalue weighted by Crippen LogP contribution is 2.25. The molecule has 1 saturated heterocycles. The summed E-state index contributed by atoms with van der Waals surface area (Å²) in [6.45, 7) is 8.87. The molecule has 20 heavy (non-hydrogen) atoms. The highest BCUT2D eigenvalue weighted by molar-refractivity contribution is 5.68. The number of carbonyl (C=O) groups excluding carboxylic acids is 1. The van der Waals surface area contributed by atoms with Gasteiger partial charge in [-0.15, -0.1) is 0 Å². The van der Waals surface area contributed by atoms with E-state index < -0.39 is 5.60 Å². The van der Waals surface area contributed by atoms with Crippen LogP contribution < -0.4 is 5.32 Å². The van der Waals surface area contributed by atoms with Crippen LogP contribution in [-0.2, 0) is 4.74 Å². The highest BCUT2D eigenvalue weighted by Gasteiger charge is 2.32. The molecule has 2 rings (SSSR count). The lowest BCUT2D eigenvalue weighted by atomic mass is 9.96. The van der Waals surface area contributed by atoms with Gasteiger partial charge in [0.2, 0.25) is 0 Å². The van der Waals surface area contributed by atoms with Gasteiger partial charge >= 0.3 is 6.09 Å². The molecule has 116 valence electrons. The van der Waals surface area contributed by atoms with Crippen LogP contribution in [0.2, 0.25) is 0 Å². The SMILES string of the molecule is CC(CC1CCCCN1C(=O)OC(C)(C)C)NC1CC1. The summed E-state index contributed by atoms with van der Waals surface area (Å²) < 4.78 is 5.55. The van der Waals surface area contributed by atoms with Crippen LogP contribution in [0, 0.1) is 0 Å². The molecule has 1 heterocycles. The fourth-order valence-electron chi connectivity index (χ4n) is 2.94. The third kappa shape index (κ3) is 4.97. The van der Waals surface area contributed by atoms with E-state index >= 15 is 0 Å². The molecule has 1 aliphatic carbocycles. The minimum Gasteiger partial charge on any atom is -0.444 e. The first kappa shape index (κ1) is 15.6. The van der Waals surface area contributed by atoms with Crippen molar-refractivity contribution < 1.29 is 9.53 Å². The molecule has 2 atom stereocenters. The van der Waals surface area contributed by atoms with E-state index in [1.54, 1.807) is 0 Å². The Bertz CT molecular complexity index is 334. The van der Waals surface area contributed by atoms with Crippen LogP contribution in [0.4, 0.5) is 4.79 Å². The lowest BCUT2D eigenvalue weighted by molar-refractivity contribution is 0.00790. The zero-order valence-electron chi connectivity index (χ0n) is 13.4. The van der Waals surface area contributed by atoms with Gasteiger partial charge < -0.3 is 15.0 Å². The predicted octanol–water partition coefficient (Wildman–Crippen LogP) is 3.31. The smallest absolute Gasteiger partial charge is 0.410 e. The third-order valence-corrected chi connectivity index (χ3v) is 3.98. The second-order valence-corrected chi connectivity index (χ2v) is 7.40. The van der Waals surface area contributed by atoms with E-state index in [0.29, 0.717) is 12.1 Å². The van der Waals surface area contributed by atoms with Crippen molar-refractivity contribution in [2.75, 3.05) is 6.54 Å². The molecule has 1 amide bonds. The Morgan fingerprint density at radius 3 is 2.60 bits per heavy atom. The zero-order valence-corrected chi connectivity index (χ0v) is 13.4. The van der Waals surface area contributed by atoms with Crippen molar-refractivity contribution in [2.24, 2.45) is 0 Å². The van der Waals surface area contributed by atoms with Gasteiger partial charge in [0.25, 0.3) is 0 Å². The van der Waals surface area contributed by atoms with E-state index in [0.717, 1.165) is 31.8 Å². The molecule has 1 aliphatic heterocycles. The van der Waals surface area contributed by atoms with Crippen molar-refractivity contribution in [1.29, 1.82) is 0 Å². The lowest BCUT2D eigenvalue weighted by Crippen LogP contribution is -2.48.